The normalized spacial score (nSPS) is 24.6. The Morgan fingerprint density at radius 2 is 1.65 bits per heavy atom. The van der Waals surface area contributed by atoms with Crippen molar-refractivity contribution in [2.45, 2.75) is 24.0 Å². The van der Waals surface area contributed by atoms with E-state index in [4.69, 9.17) is 34.8 Å². The number of amides is 2. The van der Waals surface area contributed by atoms with E-state index in [-0.39, 0.29) is 27.8 Å². The summed E-state index contributed by atoms with van der Waals surface area (Å²) in [6.45, 7) is 2.00. The quantitative estimate of drug-likeness (QED) is 0.569. The van der Waals surface area contributed by atoms with E-state index in [0.717, 1.165) is 31.7 Å². The molecule has 2 N–H and O–H groups in total. The molecule has 0 unspecified atom stereocenters. The van der Waals surface area contributed by atoms with Gasteiger partial charge in [-0.1, -0.05) is 46.9 Å². The van der Waals surface area contributed by atoms with Gasteiger partial charge in [0, 0.05) is 15.8 Å². The van der Waals surface area contributed by atoms with Gasteiger partial charge in [0.15, 0.2) is 0 Å². The molecule has 2 bridgehead atoms. The van der Waals surface area contributed by atoms with E-state index < -0.39 is 5.91 Å². The zero-order valence-corrected chi connectivity index (χ0v) is 19.7. The number of benzene rings is 2. The number of piperidine rings is 3. The average molecular weight is 499 g/mol. The molecule has 31 heavy (non-hydrogen) atoms. The van der Waals surface area contributed by atoms with Crippen molar-refractivity contribution in [1.29, 1.82) is 0 Å². The van der Waals surface area contributed by atoms with Crippen LogP contribution in [0.1, 0.15) is 28.8 Å². The lowest BCUT2D eigenvalue weighted by molar-refractivity contribution is -0.133. The van der Waals surface area contributed by atoms with E-state index in [1.54, 1.807) is 17.8 Å². The van der Waals surface area contributed by atoms with Crippen LogP contribution in [-0.2, 0) is 10.5 Å². The van der Waals surface area contributed by atoms with E-state index in [0.29, 0.717) is 16.0 Å². The van der Waals surface area contributed by atoms with Crippen LogP contribution in [0.2, 0.25) is 15.1 Å². The highest BCUT2D eigenvalue weighted by molar-refractivity contribution is 7.99. The lowest BCUT2D eigenvalue weighted by Crippen LogP contribution is -2.59. The summed E-state index contributed by atoms with van der Waals surface area (Å²) in [5, 5.41) is 1.46. The number of hydrogen-bond acceptors (Lipinski definition) is 4. The summed E-state index contributed by atoms with van der Waals surface area (Å²) in [6.07, 6.45) is 1.99. The first-order valence-electron chi connectivity index (χ1n) is 10.1. The summed E-state index contributed by atoms with van der Waals surface area (Å²) in [4.78, 5) is 27.9. The molecule has 3 saturated heterocycles. The van der Waals surface area contributed by atoms with Crippen molar-refractivity contribution in [1.82, 2.24) is 15.8 Å². The Kier molecular flexibility index (Phi) is 7.34. The lowest BCUT2D eigenvalue weighted by atomic mass is 9.78. The molecule has 3 fully saturated rings. The van der Waals surface area contributed by atoms with Gasteiger partial charge in [0.25, 0.3) is 5.91 Å². The number of thioether (sulfide) groups is 1. The number of nitrogens with zero attached hydrogens (tertiary/aromatic N) is 1. The molecule has 2 amide bonds. The largest absolute Gasteiger partial charge is 0.291 e. The second kappa shape index (κ2) is 10.0. The Labute approximate surface area is 200 Å². The average Bonchev–Trinajstić information content (AvgIpc) is 2.77. The summed E-state index contributed by atoms with van der Waals surface area (Å²) in [6, 6.07) is 12.4. The summed E-state index contributed by atoms with van der Waals surface area (Å²) < 4.78 is 0. The number of carbonyl (C=O) groups is 2. The van der Waals surface area contributed by atoms with Crippen molar-refractivity contribution in [2.75, 3.05) is 13.1 Å². The monoisotopic (exact) mass is 497 g/mol. The first kappa shape index (κ1) is 22.7. The molecule has 0 radical (unpaired) electrons. The van der Waals surface area contributed by atoms with Crippen LogP contribution in [0.5, 0.6) is 0 Å². The number of fused-ring (bicyclic) bond motifs is 3. The van der Waals surface area contributed by atoms with Crippen LogP contribution in [0.3, 0.4) is 0 Å². The van der Waals surface area contributed by atoms with Gasteiger partial charge in [0.05, 0.1) is 21.9 Å². The minimum absolute atomic E-state index is 0.0687. The molecule has 3 aliphatic rings. The SMILES string of the molecule is O=C(NNC(=O)[C@@H]1C2CCN(CC2)[C@@H]1SCc1ccc(Cl)cc1)c1ccc(Cl)cc1Cl. The zero-order valence-electron chi connectivity index (χ0n) is 16.6. The van der Waals surface area contributed by atoms with Gasteiger partial charge in [-0.05, 0) is 67.7 Å². The van der Waals surface area contributed by atoms with E-state index in [1.165, 1.54) is 17.7 Å². The van der Waals surface area contributed by atoms with Crippen molar-refractivity contribution < 1.29 is 9.59 Å². The second-order valence-electron chi connectivity index (χ2n) is 7.79. The van der Waals surface area contributed by atoms with Crippen LogP contribution < -0.4 is 10.9 Å². The standard InChI is InChI=1S/C22H22Cl3N3O2S/c23-15-3-1-13(2-4-15)12-31-22-19(14-7-9-28(22)10-8-14)21(30)27-26-20(29)17-6-5-16(24)11-18(17)25/h1-6,11,14,19,22H,7-10,12H2,(H,26,29)(H,27,30)/t19-,22+/m0/s1. The van der Waals surface area contributed by atoms with Crippen LogP contribution in [0.15, 0.2) is 42.5 Å². The summed E-state index contributed by atoms with van der Waals surface area (Å²) in [5.41, 5.74) is 6.56. The number of nitrogens with one attached hydrogen (secondary N) is 2. The zero-order chi connectivity index (χ0) is 22.0. The highest BCUT2D eigenvalue weighted by Gasteiger charge is 2.46. The van der Waals surface area contributed by atoms with Crippen LogP contribution in [-0.4, -0.2) is 35.2 Å². The van der Waals surface area contributed by atoms with Crippen LogP contribution in [0.4, 0.5) is 0 Å². The maximum Gasteiger partial charge on any atom is 0.271 e. The molecule has 2 aromatic carbocycles. The fourth-order valence-corrected chi connectivity index (χ4v) is 6.40. The number of halogens is 3. The Balaban J connectivity index is 1.40. The van der Waals surface area contributed by atoms with Crippen molar-refractivity contribution in [3.63, 3.8) is 0 Å². The van der Waals surface area contributed by atoms with Gasteiger partial charge in [0.1, 0.15) is 0 Å². The fourth-order valence-electron chi connectivity index (χ4n) is 4.25. The van der Waals surface area contributed by atoms with Gasteiger partial charge < -0.3 is 0 Å². The third-order valence-electron chi connectivity index (χ3n) is 5.86. The molecule has 0 spiro atoms. The lowest BCUT2D eigenvalue weighted by Gasteiger charge is -2.49. The summed E-state index contributed by atoms with van der Waals surface area (Å²) in [7, 11) is 0. The van der Waals surface area contributed by atoms with Crippen molar-refractivity contribution in [3.8, 4) is 0 Å². The molecular weight excluding hydrogens is 477 g/mol. The molecule has 5 nitrogen and oxygen atoms in total. The van der Waals surface area contributed by atoms with Crippen LogP contribution >= 0.6 is 46.6 Å². The molecule has 2 aromatic rings. The molecule has 9 heteroatoms. The number of rotatable bonds is 5. The highest BCUT2D eigenvalue weighted by Crippen LogP contribution is 2.42. The first-order valence-corrected chi connectivity index (χ1v) is 12.3. The Morgan fingerprint density at radius 1 is 0.968 bits per heavy atom. The molecule has 3 aliphatic heterocycles. The predicted molar refractivity (Wildman–Crippen MR) is 126 cm³/mol. The molecule has 5 rings (SSSR count). The van der Waals surface area contributed by atoms with Gasteiger partial charge >= 0.3 is 0 Å². The topological polar surface area (TPSA) is 61.4 Å². The molecule has 0 aliphatic carbocycles. The molecule has 2 atom stereocenters. The van der Waals surface area contributed by atoms with Gasteiger partial charge in [-0.3, -0.25) is 25.3 Å². The third kappa shape index (κ3) is 5.32. The first-order chi connectivity index (χ1) is 14.9. The minimum atomic E-state index is -0.471. The molecule has 3 heterocycles. The Bertz CT molecular complexity index is 965. The van der Waals surface area contributed by atoms with Crippen molar-refractivity contribution in [2.24, 2.45) is 11.8 Å². The van der Waals surface area contributed by atoms with Crippen molar-refractivity contribution in [3.05, 3.63) is 68.7 Å². The van der Waals surface area contributed by atoms with Gasteiger partial charge in [-0.25, -0.2) is 0 Å². The number of hydrazine groups is 1. The molecular formula is C22H22Cl3N3O2S. The van der Waals surface area contributed by atoms with Gasteiger partial charge in [0.2, 0.25) is 5.91 Å². The maximum absolute atomic E-state index is 13.1. The van der Waals surface area contributed by atoms with E-state index in [1.807, 2.05) is 24.3 Å². The Hall–Kier alpha value is -1.44. The molecule has 164 valence electrons. The smallest absolute Gasteiger partial charge is 0.271 e. The van der Waals surface area contributed by atoms with E-state index in [2.05, 4.69) is 15.8 Å². The minimum Gasteiger partial charge on any atom is -0.291 e. The van der Waals surface area contributed by atoms with Crippen LogP contribution in [0, 0.1) is 11.8 Å². The summed E-state index contributed by atoms with van der Waals surface area (Å²) >= 11 is 19.7. The van der Waals surface area contributed by atoms with Gasteiger partial charge in [-0.15, -0.1) is 11.8 Å². The van der Waals surface area contributed by atoms with Crippen LogP contribution in [0.25, 0.3) is 0 Å². The molecule has 0 aromatic heterocycles. The van der Waals surface area contributed by atoms with E-state index in [9.17, 15) is 9.59 Å². The van der Waals surface area contributed by atoms with Crippen molar-refractivity contribution >= 4 is 58.4 Å². The fraction of sp³-hybridized carbons (Fsp3) is 0.364. The summed E-state index contributed by atoms with van der Waals surface area (Å²) in [5.74, 6) is 0.273. The predicted octanol–water partition coefficient (Wildman–Crippen LogP) is 5.01. The molecule has 0 saturated carbocycles. The maximum atomic E-state index is 13.1. The third-order valence-corrected chi connectivity index (χ3v) is 8.09. The Morgan fingerprint density at radius 3 is 2.32 bits per heavy atom. The number of carbonyl (C=O) groups excluding carboxylic acids is 2. The highest BCUT2D eigenvalue weighted by atomic mass is 35.5. The van der Waals surface area contributed by atoms with E-state index >= 15 is 0 Å². The number of hydrogen-bond donors (Lipinski definition) is 2. The second-order valence-corrected chi connectivity index (χ2v) is 10.2. The van der Waals surface area contributed by atoms with Gasteiger partial charge in [-0.2, -0.15) is 0 Å².